The molecule has 0 amide bonds. The van der Waals surface area contributed by atoms with Crippen LogP contribution in [-0.2, 0) is 22.7 Å². The lowest BCUT2D eigenvalue weighted by atomic mass is 9.94. The van der Waals surface area contributed by atoms with E-state index in [0.29, 0.717) is 30.2 Å². The Balaban J connectivity index is 1.34. The fraction of sp³-hybridized carbons (Fsp3) is 0.429. The Morgan fingerprint density at radius 1 is 1.00 bits per heavy atom. The molecule has 1 aliphatic rings. The number of benzene rings is 2. The van der Waals surface area contributed by atoms with Crippen LogP contribution in [0.5, 0.6) is 0 Å². The molecule has 2 aromatic carbocycles. The van der Waals surface area contributed by atoms with Gasteiger partial charge in [-0.1, -0.05) is 24.3 Å². The maximum atomic E-state index is 11.6. The van der Waals surface area contributed by atoms with Crippen molar-refractivity contribution in [1.82, 2.24) is 4.98 Å². The van der Waals surface area contributed by atoms with Gasteiger partial charge in [-0.05, 0) is 87.8 Å². The molecule has 6 heteroatoms. The Morgan fingerprint density at radius 2 is 1.74 bits per heavy atom. The smallest absolute Gasteiger partial charge is 0.336 e. The molecule has 6 nitrogen and oxygen atoms in total. The molecule has 3 aromatic rings. The van der Waals surface area contributed by atoms with Gasteiger partial charge in [0.15, 0.2) is 0 Å². The number of hydrogen-bond acceptors (Lipinski definition) is 5. The molecule has 1 N–H and O–H groups in total. The molecule has 4 rings (SSSR count). The normalized spacial score (nSPS) is 18.2. The van der Waals surface area contributed by atoms with E-state index in [9.17, 15) is 9.90 Å². The third-order valence-electron chi connectivity index (χ3n) is 6.73. The lowest BCUT2D eigenvalue weighted by molar-refractivity contribution is -0.0564. The molecule has 0 spiro atoms. The number of nitrogens with zero attached hydrogens (tertiary/aromatic N) is 1. The van der Waals surface area contributed by atoms with Gasteiger partial charge < -0.3 is 19.0 Å². The number of rotatable bonds is 8. The number of carbonyl (C=O) groups is 1. The molecule has 0 radical (unpaired) electrons. The summed E-state index contributed by atoms with van der Waals surface area (Å²) in [4.78, 5) is 16.3. The topological polar surface area (TPSA) is 81.8 Å². The second-order valence-electron chi connectivity index (χ2n) is 9.27. The highest BCUT2D eigenvalue weighted by molar-refractivity contribution is 5.91. The van der Waals surface area contributed by atoms with Crippen LogP contribution in [0.2, 0.25) is 0 Å². The van der Waals surface area contributed by atoms with Gasteiger partial charge in [0, 0.05) is 5.56 Å². The first kappa shape index (κ1) is 24.2. The van der Waals surface area contributed by atoms with Gasteiger partial charge in [-0.15, -0.1) is 0 Å². The van der Waals surface area contributed by atoms with Crippen molar-refractivity contribution < 1.29 is 23.8 Å². The lowest BCUT2D eigenvalue weighted by Gasteiger charge is -2.29. The number of aromatic carboxylic acids is 1. The van der Waals surface area contributed by atoms with Crippen LogP contribution in [0.3, 0.4) is 0 Å². The van der Waals surface area contributed by atoms with Crippen LogP contribution in [0.4, 0.5) is 0 Å². The van der Waals surface area contributed by atoms with Crippen LogP contribution in [0, 0.1) is 27.7 Å². The van der Waals surface area contributed by atoms with Gasteiger partial charge in [0.25, 0.3) is 0 Å². The average molecular weight is 464 g/mol. The van der Waals surface area contributed by atoms with Crippen molar-refractivity contribution in [2.75, 3.05) is 0 Å². The number of hydrogen-bond donors (Lipinski definition) is 1. The highest BCUT2D eigenvalue weighted by Gasteiger charge is 2.25. The number of carboxylic acid groups (broad SMARTS) is 1. The van der Waals surface area contributed by atoms with Crippen LogP contribution < -0.4 is 0 Å². The van der Waals surface area contributed by atoms with Gasteiger partial charge in [-0.3, -0.25) is 0 Å². The quantitative estimate of drug-likeness (QED) is 0.421. The van der Waals surface area contributed by atoms with Crippen molar-refractivity contribution in [3.8, 4) is 11.5 Å². The molecule has 1 aromatic heterocycles. The van der Waals surface area contributed by atoms with Gasteiger partial charge in [0.2, 0.25) is 5.89 Å². The summed E-state index contributed by atoms with van der Waals surface area (Å²) in [5.41, 5.74) is 6.05. The van der Waals surface area contributed by atoms with Crippen molar-refractivity contribution in [2.45, 2.75) is 78.8 Å². The molecule has 180 valence electrons. The third kappa shape index (κ3) is 5.57. The number of aryl methyl sites for hydroxylation is 4. The van der Waals surface area contributed by atoms with E-state index in [4.69, 9.17) is 13.9 Å². The summed E-state index contributed by atoms with van der Waals surface area (Å²) in [5.74, 6) is 0.485. The van der Waals surface area contributed by atoms with Crippen molar-refractivity contribution in [2.24, 2.45) is 0 Å². The third-order valence-corrected chi connectivity index (χ3v) is 6.73. The summed E-state index contributed by atoms with van der Waals surface area (Å²) in [7, 11) is 0. The van der Waals surface area contributed by atoms with E-state index in [1.54, 1.807) is 0 Å². The van der Waals surface area contributed by atoms with Crippen LogP contribution in [0.25, 0.3) is 11.5 Å². The van der Waals surface area contributed by atoms with Crippen LogP contribution in [0.15, 0.2) is 40.8 Å². The van der Waals surface area contributed by atoms with Crippen LogP contribution >= 0.6 is 0 Å². The number of oxazole rings is 1. The predicted octanol–water partition coefficient (Wildman–Crippen LogP) is 6.32. The minimum Gasteiger partial charge on any atom is -0.478 e. The largest absolute Gasteiger partial charge is 0.478 e. The monoisotopic (exact) mass is 463 g/mol. The highest BCUT2D eigenvalue weighted by atomic mass is 16.5. The van der Waals surface area contributed by atoms with Crippen molar-refractivity contribution in [3.63, 3.8) is 0 Å². The van der Waals surface area contributed by atoms with Crippen molar-refractivity contribution in [1.29, 1.82) is 0 Å². The van der Waals surface area contributed by atoms with Crippen LogP contribution in [-0.4, -0.2) is 28.3 Å². The standard InChI is InChI=1S/C28H33NO5/c1-17-11-12-21(13-19(17)3)27-29-25(20(4)34-27)16-33-24-10-6-9-23(14-24)32-15-22-8-5-7-18(2)26(22)28(30)31/h5,7-8,11-13,23-24H,6,9-10,14-16H2,1-4H3,(H,30,31). The van der Waals surface area contributed by atoms with Gasteiger partial charge in [-0.25, -0.2) is 9.78 Å². The summed E-state index contributed by atoms with van der Waals surface area (Å²) in [6, 6.07) is 11.7. The maximum absolute atomic E-state index is 11.6. The van der Waals surface area contributed by atoms with E-state index in [1.165, 1.54) is 11.1 Å². The fourth-order valence-corrected chi connectivity index (χ4v) is 4.52. The molecule has 0 bridgehead atoms. The second-order valence-corrected chi connectivity index (χ2v) is 9.27. The van der Waals surface area contributed by atoms with Gasteiger partial charge in [-0.2, -0.15) is 0 Å². The average Bonchev–Trinajstić information content (AvgIpc) is 3.18. The number of carboxylic acids is 1. The maximum Gasteiger partial charge on any atom is 0.336 e. The first-order valence-electron chi connectivity index (χ1n) is 11.9. The summed E-state index contributed by atoms with van der Waals surface area (Å²) in [5, 5.41) is 9.54. The molecule has 1 heterocycles. The van der Waals surface area contributed by atoms with Gasteiger partial charge >= 0.3 is 5.97 Å². The molecule has 0 aliphatic heterocycles. The SMILES string of the molecule is Cc1ccc(-c2nc(COC3CCCC(OCc4cccc(C)c4C(=O)O)C3)c(C)o2)cc1C. The summed E-state index contributed by atoms with van der Waals surface area (Å²) >= 11 is 0. The molecular weight excluding hydrogens is 430 g/mol. The molecular formula is C28H33NO5. The Kier molecular flexibility index (Phi) is 7.49. The minimum absolute atomic E-state index is 0.0467. The number of aromatic nitrogens is 1. The summed E-state index contributed by atoms with van der Waals surface area (Å²) in [6.45, 7) is 8.61. The Bertz CT molecular complexity index is 1170. The molecule has 2 atom stereocenters. The molecule has 1 aliphatic carbocycles. The van der Waals surface area contributed by atoms with E-state index in [0.717, 1.165) is 48.3 Å². The number of ether oxygens (including phenoxy) is 2. The fourth-order valence-electron chi connectivity index (χ4n) is 4.52. The van der Waals surface area contributed by atoms with Crippen LogP contribution in [0.1, 0.15) is 69.7 Å². The summed E-state index contributed by atoms with van der Waals surface area (Å²) in [6.07, 6.45) is 3.86. The zero-order valence-corrected chi connectivity index (χ0v) is 20.4. The Labute approximate surface area is 200 Å². The Morgan fingerprint density at radius 3 is 2.44 bits per heavy atom. The van der Waals surface area contributed by atoms with Crippen molar-refractivity contribution >= 4 is 5.97 Å². The summed E-state index contributed by atoms with van der Waals surface area (Å²) < 4.78 is 18.3. The van der Waals surface area contributed by atoms with Gasteiger partial charge in [0.05, 0.1) is 31.0 Å². The molecule has 2 unspecified atom stereocenters. The Hall–Kier alpha value is -2.96. The molecule has 1 saturated carbocycles. The first-order valence-corrected chi connectivity index (χ1v) is 11.9. The van der Waals surface area contributed by atoms with E-state index in [1.807, 2.05) is 38.1 Å². The van der Waals surface area contributed by atoms with E-state index in [-0.39, 0.29) is 12.2 Å². The highest BCUT2D eigenvalue weighted by Crippen LogP contribution is 2.28. The lowest BCUT2D eigenvalue weighted by Crippen LogP contribution is -2.28. The van der Waals surface area contributed by atoms with Crippen molar-refractivity contribution in [3.05, 3.63) is 75.7 Å². The van der Waals surface area contributed by atoms with E-state index in [2.05, 4.69) is 31.0 Å². The predicted molar refractivity (Wildman–Crippen MR) is 130 cm³/mol. The zero-order valence-electron chi connectivity index (χ0n) is 20.4. The minimum atomic E-state index is -0.912. The van der Waals surface area contributed by atoms with Gasteiger partial charge in [0.1, 0.15) is 11.5 Å². The molecule has 0 saturated heterocycles. The zero-order chi connectivity index (χ0) is 24.2. The first-order chi connectivity index (χ1) is 16.3. The molecule has 34 heavy (non-hydrogen) atoms. The second kappa shape index (κ2) is 10.5. The van der Waals surface area contributed by atoms with E-state index >= 15 is 0 Å². The van der Waals surface area contributed by atoms with E-state index < -0.39 is 5.97 Å². The molecule has 1 fully saturated rings.